The Morgan fingerprint density at radius 1 is 0.733 bits per heavy atom. The Bertz CT molecular complexity index is 812. The van der Waals surface area contributed by atoms with E-state index in [1.165, 1.54) is 5.56 Å². The van der Waals surface area contributed by atoms with Gasteiger partial charge in [-0.1, -0.05) is 91.0 Å². The number of benzene rings is 3. The van der Waals surface area contributed by atoms with Crippen molar-refractivity contribution >= 4 is 0 Å². The molecule has 3 aromatic rings. The molecule has 0 saturated heterocycles. The predicted octanol–water partition coefficient (Wildman–Crippen LogP) is 1.72. The molecule has 0 spiro atoms. The maximum absolute atomic E-state index is 12.1. The fourth-order valence-corrected chi connectivity index (χ4v) is 4.15. The molecule has 0 aliphatic rings. The lowest BCUT2D eigenvalue weighted by atomic mass is 9.79. The van der Waals surface area contributed by atoms with Crippen molar-refractivity contribution < 1.29 is 27.5 Å². The molecular formula is C26H34ClNO2. The third-order valence-corrected chi connectivity index (χ3v) is 6.37. The minimum absolute atomic E-state index is 0. The highest BCUT2D eigenvalue weighted by Gasteiger charge is 2.41. The second-order valence-corrected chi connectivity index (χ2v) is 7.83. The first-order valence-corrected chi connectivity index (χ1v) is 10.3. The van der Waals surface area contributed by atoms with E-state index in [2.05, 4.69) is 51.2 Å². The molecule has 3 nitrogen and oxygen atoms in total. The summed E-state index contributed by atoms with van der Waals surface area (Å²) in [6.07, 6.45) is 0.628. The predicted molar refractivity (Wildman–Crippen MR) is 121 cm³/mol. The monoisotopic (exact) mass is 427 g/mol. The number of rotatable bonds is 8. The van der Waals surface area contributed by atoms with Gasteiger partial charge in [-0.05, 0) is 25.0 Å². The number of nitrogens with zero attached hydrogens (tertiary/aromatic N) is 1. The Kier molecular flexibility index (Phi) is 9.73. The largest absolute Gasteiger partial charge is 1.00 e. The van der Waals surface area contributed by atoms with Crippen molar-refractivity contribution in [2.45, 2.75) is 31.9 Å². The number of hydrogen-bond acceptors (Lipinski definition) is 1. The molecule has 0 aliphatic heterocycles. The van der Waals surface area contributed by atoms with E-state index in [9.17, 15) is 5.11 Å². The minimum atomic E-state index is -1.05. The van der Waals surface area contributed by atoms with Crippen LogP contribution in [0.1, 0.15) is 43.0 Å². The Balaban J connectivity index is 0.00000225. The maximum atomic E-state index is 12.1. The average molecular weight is 428 g/mol. The van der Waals surface area contributed by atoms with Crippen LogP contribution >= 0.6 is 0 Å². The van der Waals surface area contributed by atoms with Gasteiger partial charge in [0.2, 0.25) is 0 Å². The molecule has 1 unspecified atom stereocenters. The van der Waals surface area contributed by atoms with Crippen molar-refractivity contribution in [1.29, 1.82) is 0 Å². The van der Waals surface area contributed by atoms with Gasteiger partial charge in [0.1, 0.15) is 11.6 Å². The van der Waals surface area contributed by atoms with Gasteiger partial charge in [0.05, 0.1) is 20.1 Å². The Morgan fingerprint density at radius 3 is 1.47 bits per heavy atom. The van der Waals surface area contributed by atoms with E-state index < -0.39 is 5.60 Å². The second kappa shape index (κ2) is 11.3. The summed E-state index contributed by atoms with van der Waals surface area (Å²) in [5.74, 6) is 0. The highest BCUT2D eigenvalue weighted by Crippen LogP contribution is 2.42. The van der Waals surface area contributed by atoms with Crippen molar-refractivity contribution in [1.82, 2.24) is 0 Å². The minimum Gasteiger partial charge on any atom is -1.00 e. The van der Waals surface area contributed by atoms with Crippen LogP contribution in [0.15, 0.2) is 91.0 Å². The molecule has 0 saturated carbocycles. The smallest absolute Gasteiger partial charge is 0.121 e. The van der Waals surface area contributed by atoms with Gasteiger partial charge in [-0.15, -0.1) is 0 Å². The lowest BCUT2D eigenvalue weighted by Crippen LogP contribution is -3.00. The summed E-state index contributed by atoms with van der Waals surface area (Å²) in [5, 5.41) is 12.1. The van der Waals surface area contributed by atoms with Crippen LogP contribution in [0.4, 0.5) is 0 Å². The zero-order chi connectivity index (χ0) is 20.0. The number of hydrogen-bond donors (Lipinski definition) is 1. The molecule has 0 radical (unpaired) electrons. The number of aliphatic hydroxyl groups is 1. The maximum Gasteiger partial charge on any atom is 0.121 e. The van der Waals surface area contributed by atoms with Gasteiger partial charge in [-0.3, -0.25) is 0 Å². The molecular weight excluding hydrogens is 394 g/mol. The standard InChI is InChI=1S/C26H32NO.ClH.H2O/c1-4-27(3,5-2)25(22-15-9-6-10-16-22)21-26(28,23-17-11-7-12-18-23)24-19-13-8-14-20-24;;/h6-20,25,28H,4-5,21H2,1-3H3;1H;1H2/q+1;;/p-1. The van der Waals surface area contributed by atoms with Crippen molar-refractivity contribution in [3.63, 3.8) is 0 Å². The van der Waals surface area contributed by atoms with Gasteiger partial charge < -0.3 is 27.5 Å². The van der Waals surface area contributed by atoms with Gasteiger partial charge in [-0.25, -0.2) is 0 Å². The molecule has 0 amide bonds. The fourth-order valence-electron chi connectivity index (χ4n) is 4.15. The van der Waals surface area contributed by atoms with Crippen LogP contribution in [0.25, 0.3) is 0 Å². The van der Waals surface area contributed by atoms with Crippen LogP contribution in [0.5, 0.6) is 0 Å². The fraction of sp³-hybridized carbons (Fsp3) is 0.308. The molecule has 0 aromatic heterocycles. The molecule has 1 atom stereocenters. The molecule has 0 heterocycles. The lowest BCUT2D eigenvalue weighted by Gasteiger charge is -2.44. The van der Waals surface area contributed by atoms with E-state index in [0.717, 1.165) is 28.7 Å². The highest BCUT2D eigenvalue weighted by molar-refractivity contribution is 5.36. The van der Waals surface area contributed by atoms with Gasteiger partial charge in [0.25, 0.3) is 0 Å². The van der Waals surface area contributed by atoms with Crippen LogP contribution in [-0.4, -0.2) is 35.2 Å². The van der Waals surface area contributed by atoms with E-state index in [4.69, 9.17) is 0 Å². The highest BCUT2D eigenvalue weighted by atomic mass is 35.5. The Hall–Kier alpha value is -2.17. The van der Waals surface area contributed by atoms with E-state index >= 15 is 0 Å². The van der Waals surface area contributed by atoms with Crippen LogP contribution in [0.2, 0.25) is 0 Å². The van der Waals surface area contributed by atoms with Crippen LogP contribution in [0.3, 0.4) is 0 Å². The molecule has 3 N–H and O–H groups in total. The molecule has 30 heavy (non-hydrogen) atoms. The van der Waals surface area contributed by atoms with Crippen LogP contribution in [0, 0.1) is 0 Å². The van der Waals surface area contributed by atoms with E-state index in [1.807, 2.05) is 60.7 Å². The SMILES string of the molecule is CC[N+](C)(CC)C(CC(O)(c1ccccc1)c1ccccc1)c1ccccc1.O.[Cl-]. The second-order valence-electron chi connectivity index (χ2n) is 7.83. The van der Waals surface area contributed by atoms with Gasteiger partial charge in [0.15, 0.2) is 0 Å². The summed E-state index contributed by atoms with van der Waals surface area (Å²) in [4.78, 5) is 0. The quantitative estimate of drug-likeness (QED) is 0.547. The molecule has 4 heteroatoms. The van der Waals surface area contributed by atoms with Crippen molar-refractivity contribution in [3.05, 3.63) is 108 Å². The van der Waals surface area contributed by atoms with Gasteiger partial charge in [0, 0.05) is 12.0 Å². The summed E-state index contributed by atoms with van der Waals surface area (Å²) in [6, 6.07) is 31.0. The zero-order valence-electron chi connectivity index (χ0n) is 18.1. The van der Waals surface area contributed by atoms with Crippen molar-refractivity contribution in [3.8, 4) is 0 Å². The zero-order valence-corrected chi connectivity index (χ0v) is 18.9. The van der Waals surface area contributed by atoms with Crippen LogP contribution in [-0.2, 0) is 5.60 Å². The van der Waals surface area contributed by atoms with Gasteiger partial charge >= 0.3 is 0 Å². The van der Waals surface area contributed by atoms with E-state index in [-0.39, 0.29) is 23.9 Å². The summed E-state index contributed by atoms with van der Waals surface area (Å²) < 4.78 is 0.881. The first-order valence-electron chi connectivity index (χ1n) is 10.3. The first-order chi connectivity index (χ1) is 13.5. The lowest BCUT2D eigenvalue weighted by molar-refractivity contribution is -0.937. The van der Waals surface area contributed by atoms with Crippen molar-refractivity contribution in [2.75, 3.05) is 20.1 Å². The van der Waals surface area contributed by atoms with E-state index in [0.29, 0.717) is 6.42 Å². The normalized spacial score (nSPS) is 12.4. The third-order valence-electron chi connectivity index (χ3n) is 6.37. The molecule has 3 rings (SSSR count). The summed E-state index contributed by atoms with van der Waals surface area (Å²) >= 11 is 0. The third kappa shape index (κ3) is 5.30. The van der Waals surface area contributed by atoms with Gasteiger partial charge in [-0.2, -0.15) is 0 Å². The number of halogens is 1. The molecule has 3 aromatic carbocycles. The Labute approximate surface area is 187 Å². The first kappa shape index (κ1) is 25.9. The molecule has 0 fully saturated rings. The molecule has 0 bridgehead atoms. The molecule has 162 valence electrons. The van der Waals surface area contributed by atoms with Crippen molar-refractivity contribution in [2.24, 2.45) is 0 Å². The molecule has 0 aliphatic carbocycles. The topological polar surface area (TPSA) is 51.7 Å². The average Bonchev–Trinajstić information content (AvgIpc) is 2.78. The summed E-state index contributed by atoms with van der Waals surface area (Å²) in [5.41, 5.74) is 2.12. The summed E-state index contributed by atoms with van der Waals surface area (Å²) in [7, 11) is 2.30. The summed E-state index contributed by atoms with van der Waals surface area (Å²) in [6.45, 7) is 6.50. The Morgan fingerprint density at radius 2 is 1.10 bits per heavy atom. The van der Waals surface area contributed by atoms with Crippen LogP contribution < -0.4 is 12.4 Å². The number of quaternary nitrogens is 1. The van der Waals surface area contributed by atoms with E-state index in [1.54, 1.807) is 0 Å².